The molecule has 18 heavy (non-hydrogen) atoms. The van der Waals surface area contributed by atoms with Crippen LogP contribution in [-0.2, 0) is 17.9 Å². The van der Waals surface area contributed by atoms with Crippen LogP contribution in [0.2, 0.25) is 0 Å². The lowest BCUT2D eigenvalue weighted by molar-refractivity contribution is -0.132. The van der Waals surface area contributed by atoms with Gasteiger partial charge in [-0.05, 0) is 19.3 Å². The molecule has 4 rings (SSSR count). The molecule has 5 nitrogen and oxygen atoms in total. The first-order chi connectivity index (χ1) is 8.83. The van der Waals surface area contributed by atoms with Gasteiger partial charge in [-0.3, -0.25) is 9.69 Å². The van der Waals surface area contributed by atoms with Crippen LogP contribution < -0.4 is 0 Å². The molecule has 1 atom stereocenters. The summed E-state index contributed by atoms with van der Waals surface area (Å²) in [6, 6.07) is 0.618. The van der Waals surface area contributed by atoms with E-state index in [1.165, 1.54) is 18.4 Å². The highest BCUT2D eigenvalue weighted by atomic mass is 16.2. The fourth-order valence-corrected chi connectivity index (χ4v) is 3.12. The number of aromatic nitrogens is 2. The van der Waals surface area contributed by atoms with Crippen LogP contribution in [0, 0.1) is 0 Å². The normalized spacial score (nSPS) is 27.9. The molecule has 1 aromatic heterocycles. The van der Waals surface area contributed by atoms with E-state index in [1.54, 1.807) is 6.33 Å². The van der Waals surface area contributed by atoms with E-state index in [0.29, 0.717) is 11.9 Å². The first kappa shape index (κ1) is 10.4. The van der Waals surface area contributed by atoms with Gasteiger partial charge in [0.25, 0.3) is 0 Å². The second-order valence-electron chi connectivity index (χ2n) is 5.47. The van der Waals surface area contributed by atoms with Gasteiger partial charge in [-0.2, -0.15) is 0 Å². The predicted octanol–water partition coefficient (Wildman–Crippen LogP) is 0.555. The van der Waals surface area contributed by atoms with Crippen molar-refractivity contribution < 1.29 is 4.79 Å². The van der Waals surface area contributed by atoms with E-state index in [0.717, 1.165) is 31.7 Å². The Balaban J connectivity index is 1.51. The number of rotatable bonds is 2. The largest absolute Gasteiger partial charge is 0.338 e. The molecular weight excluding hydrogens is 228 g/mol. The van der Waals surface area contributed by atoms with Crippen molar-refractivity contribution in [3.8, 4) is 0 Å². The summed E-state index contributed by atoms with van der Waals surface area (Å²) < 4.78 is 0. The molecule has 1 aliphatic carbocycles. The predicted molar refractivity (Wildman–Crippen MR) is 64.4 cm³/mol. The van der Waals surface area contributed by atoms with Crippen LogP contribution in [-0.4, -0.2) is 44.3 Å². The number of carbonyl (C=O) groups excluding carboxylic acids is 1. The standard InChI is InChI=1S/C13H16N4O/c18-13-12(3-4-17(13)10-1-2-10)16-6-9-5-14-8-15-11(9)7-16/h5,8,10,12H,1-4,6-7H2. The van der Waals surface area contributed by atoms with E-state index in [9.17, 15) is 4.79 Å². The molecule has 1 aromatic rings. The molecule has 1 unspecified atom stereocenters. The molecule has 0 radical (unpaired) electrons. The molecule has 5 heteroatoms. The fourth-order valence-electron chi connectivity index (χ4n) is 3.12. The molecule has 1 amide bonds. The second kappa shape index (κ2) is 3.75. The highest BCUT2D eigenvalue weighted by Crippen LogP contribution is 2.34. The van der Waals surface area contributed by atoms with E-state index in [-0.39, 0.29) is 6.04 Å². The van der Waals surface area contributed by atoms with Gasteiger partial charge < -0.3 is 4.90 Å². The van der Waals surface area contributed by atoms with Crippen molar-refractivity contribution in [3.63, 3.8) is 0 Å². The Morgan fingerprint density at radius 1 is 1.22 bits per heavy atom. The van der Waals surface area contributed by atoms with E-state index < -0.39 is 0 Å². The summed E-state index contributed by atoms with van der Waals surface area (Å²) in [6.07, 6.45) is 6.83. The van der Waals surface area contributed by atoms with Crippen molar-refractivity contribution in [1.29, 1.82) is 0 Å². The average molecular weight is 244 g/mol. The van der Waals surface area contributed by atoms with Crippen LogP contribution >= 0.6 is 0 Å². The smallest absolute Gasteiger partial charge is 0.240 e. The summed E-state index contributed by atoms with van der Waals surface area (Å²) >= 11 is 0. The summed E-state index contributed by atoms with van der Waals surface area (Å²) in [4.78, 5) is 25.1. The molecular formula is C13H16N4O. The number of amides is 1. The number of hydrogen-bond donors (Lipinski definition) is 0. The first-order valence-electron chi connectivity index (χ1n) is 6.65. The Morgan fingerprint density at radius 3 is 2.89 bits per heavy atom. The second-order valence-corrected chi connectivity index (χ2v) is 5.47. The Hall–Kier alpha value is -1.49. The van der Waals surface area contributed by atoms with Crippen molar-refractivity contribution in [3.05, 3.63) is 23.8 Å². The van der Waals surface area contributed by atoms with Gasteiger partial charge in [-0.15, -0.1) is 0 Å². The van der Waals surface area contributed by atoms with Crippen molar-refractivity contribution in [2.75, 3.05) is 6.54 Å². The average Bonchev–Trinajstić information content (AvgIpc) is 3.01. The SMILES string of the molecule is O=C1C(N2Cc3cncnc3C2)CCN1C1CC1. The van der Waals surface area contributed by atoms with Crippen molar-refractivity contribution in [1.82, 2.24) is 19.8 Å². The maximum atomic E-state index is 12.4. The number of likely N-dealkylation sites (tertiary alicyclic amines) is 1. The van der Waals surface area contributed by atoms with Crippen LogP contribution in [0.3, 0.4) is 0 Å². The molecule has 2 fully saturated rings. The van der Waals surface area contributed by atoms with Crippen molar-refractivity contribution in [2.45, 2.75) is 44.4 Å². The summed E-state index contributed by atoms with van der Waals surface area (Å²) in [7, 11) is 0. The minimum absolute atomic E-state index is 0.0693. The zero-order valence-electron chi connectivity index (χ0n) is 10.2. The zero-order valence-corrected chi connectivity index (χ0v) is 10.2. The maximum absolute atomic E-state index is 12.4. The van der Waals surface area contributed by atoms with Crippen LogP contribution in [0.15, 0.2) is 12.5 Å². The summed E-state index contributed by atoms with van der Waals surface area (Å²) in [6.45, 7) is 2.56. The lowest BCUT2D eigenvalue weighted by atomic mass is 10.2. The minimum Gasteiger partial charge on any atom is -0.338 e. The topological polar surface area (TPSA) is 49.3 Å². The van der Waals surface area contributed by atoms with E-state index in [1.807, 2.05) is 6.20 Å². The summed E-state index contributed by atoms with van der Waals surface area (Å²) in [5.41, 5.74) is 2.26. The quantitative estimate of drug-likeness (QED) is 0.762. The molecule has 94 valence electrons. The summed E-state index contributed by atoms with van der Waals surface area (Å²) in [5, 5.41) is 0. The van der Waals surface area contributed by atoms with Crippen molar-refractivity contribution >= 4 is 5.91 Å². The van der Waals surface area contributed by atoms with Crippen molar-refractivity contribution in [2.24, 2.45) is 0 Å². The number of carbonyl (C=O) groups is 1. The van der Waals surface area contributed by atoms with Gasteiger partial charge in [0.05, 0.1) is 11.7 Å². The molecule has 0 spiro atoms. The van der Waals surface area contributed by atoms with Gasteiger partial charge in [0.2, 0.25) is 5.91 Å². The third-order valence-electron chi connectivity index (χ3n) is 4.25. The number of hydrogen-bond acceptors (Lipinski definition) is 4. The molecule has 0 N–H and O–H groups in total. The molecule has 3 aliphatic rings. The monoisotopic (exact) mass is 244 g/mol. The lowest BCUT2D eigenvalue weighted by Crippen LogP contribution is -2.39. The van der Waals surface area contributed by atoms with E-state index in [4.69, 9.17) is 0 Å². The highest BCUT2D eigenvalue weighted by molar-refractivity contribution is 5.84. The van der Waals surface area contributed by atoms with Gasteiger partial charge in [0.1, 0.15) is 6.33 Å². The Kier molecular flexibility index (Phi) is 2.17. The molecule has 1 saturated carbocycles. The Bertz CT molecular complexity index is 475. The molecule has 3 heterocycles. The maximum Gasteiger partial charge on any atom is 0.240 e. The van der Waals surface area contributed by atoms with Gasteiger partial charge >= 0.3 is 0 Å². The fraction of sp³-hybridized carbons (Fsp3) is 0.615. The molecule has 2 aliphatic heterocycles. The molecule has 0 bridgehead atoms. The highest BCUT2D eigenvalue weighted by Gasteiger charge is 2.43. The third-order valence-corrected chi connectivity index (χ3v) is 4.25. The van der Waals surface area contributed by atoms with Crippen LogP contribution in [0.4, 0.5) is 0 Å². The van der Waals surface area contributed by atoms with Crippen LogP contribution in [0.25, 0.3) is 0 Å². The number of nitrogens with zero attached hydrogens (tertiary/aromatic N) is 4. The van der Waals surface area contributed by atoms with Gasteiger partial charge in [0.15, 0.2) is 0 Å². The molecule has 1 saturated heterocycles. The van der Waals surface area contributed by atoms with E-state index in [2.05, 4.69) is 19.8 Å². The van der Waals surface area contributed by atoms with E-state index >= 15 is 0 Å². The first-order valence-corrected chi connectivity index (χ1v) is 6.65. The van der Waals surface area contributed by atoms with Crippen LogP contribution in [0.5, 0.6) is 0 Å². The lowest BCUT2D eigenvalue weighted by Gasteiger charge is -2.22. The molecule has 0 aromatic carbocycles. The number of fused-ring (bicyclic) bond motifs is 1. The van der Waals surface area contributed by atoms with Gasteiger partial charge in [0, 0.05) is 37.4 Å². The summed E-state index contributed by atoms with van der Waals surface area (Å²) in [5.74, 6) is 0.332. The van der Waals surface area contributed by atoms with Gasteiger partial charge in [-0.1, -0.05) is 0 Å². The minimum atomic E-state index is 0.0693. The van der Waals surface area contributed by atoms with Crippen LogP contribution in [0.1, 0.15) is 30.5 Å². The zero-order chi connectivity index (χ0) is 12.1. The third kappa shape index (κ3) is 1.54. The van der Waals surface area contributed by atoms with Gasteiger partial charge in [-0.25, -0.2) is 9.97 Å². The Labute approximate surface area is 106 Å². The Morgan fingerprint density at radius 2 is 2.11 bits per heavy atom.